The number of aromatic nitrogens is 2. The fourth-order valence-electron chi connectivity index (χ4n) is 2.42. The van der Waals surface area contributed by atoms with Crippen LogP contribution in [0.4, 0.5) is 0 Å². The zero-order chi connectivity index (χ0) is 15.9. The number of ether oxygens (including phenoxy) is 1. The van der Waals surface area contributed by atoms with Gasteiger partial charge in [-0.15, -0.1) is 0 Å². The summed E-state index contributed by atoms with van der Waals surface area (Å²) in [7, 11) is 0. The number of hydrogen-bond acceptors (Lipinski definition) is 5. The number of dihydropyridines is 1. The van der Waals surface area contributed by atoms with Crippen molar-refractivity contribution in [3.8, 4) is 0 Å². The summed E-state index contributed by atoms with van der Waals surface area (Å²) in [5, 5.41) is 8.91. The molecule has 118 valence electrons. The zero-order valence-electron chi connectivity index (χ0n) is 12.8. The van der Waals surface area contributed by atoms with E-state index in [4.69, 9.17) is 14.8 Å². The van der Waals surface area contributed by atoms with Gasteiger partial charge in [0.1, 0.15) is 5.76 Å². The minimum Gasteiger partial charge on any atom is -0.498 e. The maximum absolute atomic E-state index is 8.91. The van der Waals surface area contributed by atoms with E-state index in [0.717, 1.165) is 22.9 Å². The Hall–Kier alpha value is -2.53. The average Bonchev–Trinajstić information content (AvgIpc) is 2.63. The van der Waals surface area contributed by atoms with Crippen molar-refractivity contribution in [1.29, 1.82) is 0 Å². The molecule has 0 aliphatic carbocycles. The highest BCUT2D eigenvalue weighted by Crippen LogP contribution is 2.29. The lowest BCUT2D eigenvalue weighted by atomic mass is 10.0. The van der Waals surface area contributed by atoms with Gasteiger partial charge in [-0.25, -0.2) is 0 Å². The molecule has 0 amide bonds. The third kappa shape index (κ3) is 4.02. The van der Waals surface area contributed by atoms with Crippen LogP contribution in [0.1, 0.15) is 30.3 Å². The minimum absolute atomic E-state index is 0.0812. The smallest absolute Gasteiger partial charge is 0.101 e. The molecule has 0 spiro atoms. The van der Waals surface area contributed by atoms with Crippen molar-refractivity contribution in [1.82, 2.24) is 9.97 Å². The summed E-state index contributed by atoms with van der Waals surface area (Å²) in [6.07, 6.45) is 6.73. The highest BCUT2D eigenvalue weighted by atomic mass is 16.5. The van der Waals surface area contributed by atoms with Crippen LogP contribution in [0, 0.1) is 0 Å². The zero-order valence-corrected chi connectivity index (χ0v) is 12.8. The largest absolute Gasteiger partial charge is 0.498 e. The van der Waals surface area contributed by atoms with E-state index in [1.54, 1.807) is 12.4 Å². The number of aliphatic hydroxyl groups excluding tert-OH is 1. The molecule has 0 radical (unpaired) electrons. The topological polar surface area (TPSA) is 67.6 Å². The van der Waals surface area contributed by atoms with Crippen LogP contribution < -0.4 is 0 Å². The second-order valence-corrected chi connectivity index (χ2v) is 5.24. The SMILES string of the molecule is OCCCOC1=CC(c2ccccn2)=NC(c2ccccn2)C1. The third-order valence-corrected chi connectivity index (χ3v) is 3.53. The van der Waals surface area contributed by atoms with Gasteiger partial charge in [-0.2, -0.15) is 0 Å². The maximum Gasteiger partial charge on any atom is 0.101 e. The Balaban J connectivity index is 1.88. The number of nitrogens with zero attached hydrogens (tertiary/aromatic N) is 3. The van der Waals surface area contributed by atoms with Crippen LogP contribution in [0.25, 0.3) is 0 Å². The Morgan fingerprint density at radius 2 is 1.91 bits per heavy atom. The Kier molecular flexibility index (Phi) is 5.11. The molecule has 23 heavy (non-hydrogen) atoms. The lowest BCUT2D eigenvalue weighted by Crippen LogP contribution is -2.14. The van der Waals surface area contributed by atoms with Crippen LogP contribution in [0.15, 0.2) is 65.6 Å². The highest BCUT2D eigenvalue weighted by molar-refractivity contribution is 6.08. The molecule has 1 aliphatic rings. The summed E-state index contributed by atoms with van der Waals surface area (Å²) < 4.78 is 5.79. The van der Waals surface area contributed by atoms with Crippen molar-refractivity contribution in [2.45, 2.75) is 18.9 Å². The molecule has 5 heteroatoms. The summed E-state index contributed by atoms with van der Waals surface area (Å²) in [5.41, 5.74) is 2.53. The van der Waals surface area contributed by atoms with Crippen molar-refractivity contribution in [3.05, 3.63) is 72.0 Å². The first-order valence-corrected chi connectivity index (χ1v) is 7.71. The maximum atomic E-state index is 8.91. The second kappa shape index (κ2) is 7.65. The van der Waals surface area contributed by atoms with Crippen molar-refractivity contribution >= 4 is 5.71 Å². The monoisotopic (exact) mass is 309 g/mol. The van der Waals surface area contributed by atoms with Crippen LogP contribution in [0.2, 0.25) is 0 Å². The molecule has 0 saturated carbocycles. The Labute approximate surface area is 135 Å². The van der Waals surface area contributed by atoms with Crippen LogP contribution >= 0.6 is 0 Å². The summed E-state index contributed by atoms with van der Waals surface area (Å²) in [4.78, 5) is 13.6. The van der Waals surface area contributed by atoms with Crippen LogP contribution in [0.5, 0.6) is 0 Å². The second-order valence-electron chi connectivity index (χ2n) is 5.24. The number of allylic oxidation sites excluding steroid dienone is 1. The van der Waals surface area contributed by atoms with Gasteiger partial charge in [0, 0.05) is 37.9 Å². The molecule has 1 atom stereocenters. The molecule has 2 aromatic heterocycles. The lowest BCUT2D eigenvalue weighted by molar-refractivity contribution is 0.166. The third-order valence-electron chi connectivity index (χ3n) is 3.53. The quantitative estimate of drug-likeness (QED) is 0.833. The number of pyridine rings is 2. The van der Waals surface area contributed by atoms with E-state index in [2.05, 4.69) is 9.97 Å². The van der Waals surface area contributed by atoms with Crippen molar-refractivity contribution in [3.63, 3.8) is 0 Å². The number of rotatable bonds is 6. The predicted octanol–water partition coefficient (Wildman–Crippen LogP) is 2.69. The van der Waals surface area contributed by atoms with E-state index >= 15 is 0 Å². The predicted molar refractivity (Wildman–Crippen MR) is 88.1 cm³/mol. The minimum atomic E-state index is -0.0812. The van der Waals surface area contributed by atoms with Gasteiger partial charge in [0.25, 0.3) is 0 Å². The van der Waals surface area contributed by atoms with E-state index in [1.165, 1.54) is 0 Å². The molecule has 0 saturated heterocycles. The molecule has 2 aromatic rings. The molecular formula is C18H19N3O2. The molecule has 1 N–H and O–H groups in total. The first-order chi connectivity index (χ1) is 11.4. The summed E-state index contributed by atoms with van der Waals surface area (Å²) in [6, 6.07) is 11.5. The molecule has 5 nitrogen and oxygen atoms in total. The summed E-state index contributed by atoms with van der Waals surface area (Å²) >= 11 is 0. The molecule has 1 unspecified atom stereocenters. The Morgan fingerprint density at radius 3 is 2.61 bits per heavy atom. The van der Waals surface area contributed by atoms with Gasteiger partial charge in [-0.1, -0.05) is 12.1 Å². The van der Waals surface area contributed by atoms with E-state index in [1.807, 2.05) is 42.5 Å². The molecule has 3 heterocycles. The van der Waals surface area contributed by atoms with Gasteiger partial charge in [0.05, 0.1) is 29.7 Å². The van der Waals surface area contributed by atoms with E-state index < -0.39 is 0 Å². The van der Waals surface area contributed by atoms with Crippen LogP contribution in [-0.2, 0) is 4.74 Å². The Morgan fingerprint density at radius 1 is 1.09 bits per heavy atom. The molecule has 1 aliphatic heterocycles. The van der Waals surface area contributed by atoms with E-state index in [9.17, 15) is 0 Å². The van der Waals surface area contributed by atoms with Crippen molar-refractivity contribution in [2.24, 2.45) is 4.99 Å². The Bertz CT molecular complexity index is 684. The van der Waals surface area contributed by atoms with Crippen molar-refractivity contribution in [2.75, 3.05) is 13.2 Å². The number of aliphatic hydroxyl groups is 1. The summed E-state index contributed by atoms with van der Waals surface area (Å²) in [6.45, 7) is 0.616. The molecule has 0 fully saturated rings. The fraction of sp³-hybridized carbons (Fsp3) is 0.278. The van der Waals surface area contributed by atoms with E-state index in [-0.39, 0.29) is 12.6 Å². The average molecular weight is 309 g/mol. The van der Waals surface area contributed by atoms with Gasteiger partial charge >= 0.3 is 0 Å². The van der Waals surface area contributed by atoms with Gasteiger partial charge in [-0.3, -0.25) is 15.0 Å². The van der Waals surface area contributed by atoms with E-state index in [0.29, 0.717) is 19.4 Å². The van der Waals surface area contributed by atoms with Gasteiger partial charge in [0.2, 0.25) is 0 Å². The fourth-order valence-corrected chi connectivity index (χ4v) is 2.42. The molecule has 3 rings (SSSR count). The standard InChI is InChI=1S/C18H19N3O2/c22-10-5-11-23-14-12-17(15-6-1-3-8-19-15)21-18(13-14)16-7-2-4-9-20-16/h1-4,6-9,12,18,22H,5,10-11,13H2. The van der Waals surface area contributed by atoms with Crippen LogP contribution in [-0.4, -0.2) is 34.0 Å². The number of hydrogen-bond donors (Lipinski definition) is 1. The van der Waals surface area contributed by atoms with Gasteiger partial charge in [-0.05, 0) is 24.3 Å². The summed E-state index contributed by atoms with van der Waals surface area (Å²) in [5.74, 6) is 0.852. The highest BCUT2D eigenvalue weighted by Gasteiger charge is 2.21. The van der Waals surface area contributed by atoms with Gasteiger partial charge in [0.15, 0.2) is 0 Å². The van der Waals surface area contributed by atoms with Crippen LogP contribution in [0.3, 0.4) is 0 Å². The lowest BCUT2D eigenvalue weighted by Gasteiger charge is -2.21. The molecule has 0 bridgehead atoms. The number of aliphatic imine (C=N–C) groups is 1. The van der Waals surface area contributed by atoms with Gasteiger partial charge < -0.3 is 9.84 Å². The first-order valence-electron chi connectivity index (χ1n) is 7.71. The normalized spacial score (nSPS) is 17.3. The first kappa shape index (κ1) is 15.4. The molecule has 0 aromatic carbocycles. The molecular weight excluding hydrogens is 290 g/mol. The van der Waals surface area contributed by atoms with Crippen molar-refractivity contribution < 1.29 is 9.84 Å².